The van der Waals surface area contributed by atoms with Crippen LogP contribution < -0.4 is 20.1 Å². The fraction of sp³-hybridized carbons (Fsp3) is 0.474. The van der Waals surface area contributed by atoms with Crippen LogP contribution in [0.3, 0.4) is 0 Å². The topological polar surface area (TPSA) is 72.7 Å². The zero-order chi connectivity index (χ0) is 18.4. The van der Waals surface area contributed by atoms with Gasteiger partial charge in [0, 0.05) is 44.5 Å². The summed E-state index contributed by atoms with van der Waals surface area (Å²) in [6.45, 7) is 7.17. The smallest absolute Gasteiger partial charge is 0.231 e. The van der Waals surface area contributed by atoms with E-state index < -0.39 is 0 Å². The molecule has 1 aliphatic heterocycles. The molecule has 1 aromatic carbocycles. The van der Waals surface area contributed by atoms with E-state index in [9.17, 15) is 0 Å². The van der Waals surface area contributed by atoms with Crippen molar-refractivity contribution in [3.63, 3.8) is 0 Å². The second-order valence-corrected chi connectivity index (χ2v) is 6.93. The maximum Gasteiger partial charge on any atom is 0.231 e. The first-order valence-corrected chi connectivity index (χ1v) is 8.90. The number of aliphatic imine (C=N–C) groups is 1. The third-order valence-electron chi connectivity index (χ3n) is 4.49. The van der Waals surface area contributed by atoms with Crippen molar-refractivity contribution in [3.05, 3.63) is 42.2 Å². The highest BCUT2D eigenvalue weighted by atomic mass is 127. The molecule has 0 saturated heterocycles. The second kappa shape index (κ2) is 9.82. The van der Waals surface area contributed by atoms with E-state index in [1.54, 1.807) is 13.2 Å². The molecule has 0 saturated carbocycles. The van der Waals surface area contributed by atoms with E-state index in [4.69, 9.17) is 9.47 Å². The van der Waals surface area contributed by atoms with E-state index in [0.717, 1.165) is 43.5 Å². The molecule has 27 heavy (non-hydrogen) atoms. The Morgan fingerprint density at radius 3 is 2.81 bits per heavy atom. The molecule has 2 N–H and O–H groups in total. The molecule has 7 nitrogen and oxygen atoms in total. The van der Waals surface area contributed by atoms with Gasteiger partial charge in [0.05, 0.1) is 0 Å². The number of halogens is 1. The lowest BCUT2D eigenvalue weighted by Crippen LogP contribution is -2.43. The van der Waals surface area contributed by atoms with E-state index in [0.29, 0.717) is 6.79 Å². The molecule has 0 aliphatic carbocycles. The van der Waals surface area contributed by atoms with E-state index in [2.05, 4.69) is 46.7 Å². The minimum absolute atomic E-state index is 0. The van der Waals surface area contributed by atoms with Gasteiger partial charge in [-0.05, 0) is 30.2 Å². The van der Waals surface area contributed by atoms with E-state index >= 15 is 0 Å². The minimum Gasteiger partial charge on any atom is -0.454 e. The third kappa shape index (κ3) is 5.75. The number of aromatic nitrogens is 2. The summed E-state index contributed by atoms with van der Waals surface area (Å²) in [7, 11) is 1.79. The summed E-state index contributed by atoms with van der Waals surface area (Å²) in [4.78, 5) is 4.30. The van der Waals surface area contributed by atoms with Crippen LogP contribution in [0.1, 0.15) is 25.8 Å². The average Bonchev–Trinajstić information content (AvgIpc) is 3.32. The van der Waals surface area contributed by atoms with Crippen LogP contribution in [-0.4, -0.2) is 42.7 Å². The van der Waals surface area contributed by atoms with Gasteiger partial charge < -0.3 is 20.1 Å². The van der Waals surface area contributed by atoms with E-state index in [-0.39, 0.29) is 29.4 Å². The molecule has 0 unspecified atom stereocenters. The van der Waals surface area contributed by atoms with Crippen molar-refractivity contribution in [1.82, 2.24) is 20.4 Å². The molecular formula is C19H28IN5O2. The standard InChI is InChI=1S/C19H27N5O2.HI/c1-19(2,15-6-7-16-17(12-15)26-14-25-16)13-22-18(20-3)21-8-4-10-24-11-5-9-23-24;/h5-7,9,11-12H,4,8,10,13-14H2,1-3H3,(H2,20,21,22);1H. The molecule has 3 rings (SSSR count). The lowest BCUT2D eigenvalue weighted by atomic mass is 9.84. The van der Waals surface area contributed by atoms with Gasteiger partial charge in [-0.3, -0.25) is 9.67 Å². The molecule has 0 fully saturated rings. The zero-order valence-corrected chi connectivity index (χ0v) is 18.4. The number of hydrogen-bond acceptors (Lipinski definition) is 4. The summed E-state index contributed by atoms with van der Waals surface area (Å²) in [6, 6.07) is 8.06. The summed E-state index contributed by atoms with van der Waals surface area (Å²) in [6.07, 6.45) is 4.75. The number of rotatable bonds is 7. The summed E-state index contributed by atoms with van der Waals surface area (Å²) in [5.74, 6) is 2.43. The maximum atomic E-state index is 5.49. The first kappa shape index (κ1) is 21.3. The second-order valence-electron chi connectivity index (χ2n) is 6.93. The Hall–Kier alpha value is -1.97. The van der Waals surface area contributed by atoms with Gasteiger partial charge in [0.15, 0.2) is 17.5 Å². The van der Waals surface area contributed by atoms with Crippen molar-refractivity contribution < 1.29 is 9.47 Å². The van der Waals surface area contributed by atoms with E-state index in [1.165, 1.54) is 5.56 Å². The molecule has 0 amide bonds. The summed E-state index contributed by atoms with van der Waals surface area (Å²) >= 11 is 0. The Bertz CT molecular complexity index is 747. The van der Waals surface area contributed by atoms with Crippen molar-refractivity contribution in [2.75, 3.05) is 26.9 Å². The number of ether oxygens (including phenoxy) is 2. The van der Waals surface area contributed by atoms with Crippen molar-refractivity contribution in [1.29, 1.82) is 0 Å². The number of benzene rings is 1. The van der Waals surface area contributed by atoms with Gasteiger partial charge in [-0.25, -0.2) is 0 Å². The molecule has 0 atom stereocenters. The predicted molar refractivity (Wildman–Crippen MR) is 117 cm³/mol. The zero-order valence-electron chi connectivity index (χ0n) is 16.1. The van der Waals surface area contributed by atoms with Gasteiger partial charge in [-0.1, -0.05) is 19.9 Å². The summed E-state index contributed by atoms with van der Waals surface area (Å²) < 4.78 is 12.8. The number of nitrogens with one attached hydrogen (secondary N) is 2. The first-order chi connectivity index (χ1) is 12.6. The predicted octanol–water partition coefficient (Wildman–Crippen LogP) is 2.76. The monoisotopic (exact) mass is 485 g/mol. The number of aryl methyl sites for hydroxylation is 1. The fourth-order valence-electron chi connectivity index (χ4n) is 2.83. The highest BCUT2D eigenvalue weighted by Gasteiger charge is 2.24. The normalized spacial score (nSPS) is 13.2. The quantitative estimate of drug-likeness (QED) is 0.273. The van der Waals surface area contributed by atoms with Gasteiger partial charge in [-0.15, -0.1) is 24.0 Å². The van der Waals surface area contributed by atoms with Crippen LogP contribution in [0.4, 0.5) is 0 Å². The highest BCUT2D eigenvalue weighted by molar-refractivity contribution is 14.0. The van der Waals surface area contributed by atoms with Crippen molar-refractivity contribution in [2.24, 2.45) is 4.99 Å². The largest absolute Gasteiger partial charge is 0.454 e. The molecule has 0 spiro atoms. The molecule has 0 bridgehead atoms. The van der Waals surface area contributed by atoms with Crippen LogP contribution >= 0.6 is 24.0 Å². The fourth-order valence-corrected chi connectivity index (χ4v) is 2.83. The molecular weight excluding hydrogens is 457 g/mol. The lowest BCUT2D eigenvalue weighted by molar-refractivity contribution is 0.174. The van der Waals surface area contributed by atoms with Gasteiger partial charge in [-0.2, -0.15) is 5.10 Å². The molecule has 2 heterocycles. The van der Waals surface area contributed by atoms with Crippen molar-refractivity contribution in [3.8, 4) is 11.5 Å². The molecule has 0 radical (unpaired) electrons. The molecule has 1 aliphatic rings. The van der Waals surface area contributed by atoms with Crippen LogP contribution in [0.2, 0.25) is 0 Å². The first-order valence-electron chi connectivity index (χ1n) is 8.90. The van der Waals surface area contributed by atoms with Crippen LogP contribution in [0.25, 0.3) is 0 Å². The minimum atomic E-state index is -0.0757. The maximum absolute atomic E-state index is 5.49. The Labute approximate surface area is 177 Å². The Kier molecular flexibility index (Phi) is 7.76. The summed E-state index contributed by atoms with van der Waals surface area (Å²) in [5, 5.41) is 11.0. The third-order valence-corrected chi connectivity index (χ3v) is 4.49. The van der Waals surface area contributed by atoms with E-state index in [1.807, 2.05) is 23.0 Å². The Morgan fingerprint density at radius 1 is 1.26 bits per heavy atom. The number of nitrogens with zero attached hydrogens (tertiary/aromatic N) is 3. The van der Waals surface area contributed by atoms with Gasteiger partial charge in [0.25, 0.3) is 0 Å². The van der Waals surface area contributed by atoms with Crippen molar-refractivity contribution >= 4 is 29.9 Å². The van der Waals surface area contributed by atoms with Gasteiger partial charge >= 0.3 is 0 Å². The van der Waals surface area contributed by atoms with Gasteiger partial charge in [0.1, 0.15) is 0 Å². The Balaban J connectivity index is 0.00000261. The molecule has 8 heteroatoms. The highest BCUT2D eigenvalue weighted by Crippen LogP contribution is 2.36. The SMILES string of the molecule is CN=C(NCCCn1cccn1)NCC(C)(C)c1ccc2c(c1)OCO2.I. The summed E-state index contributed by atoms with van der Waals surface area (Å²) in [5.41, 5.74) is 1.12. The lowest BCUT2D eigenvalue weighted by Gasteiger charge is -2.27. The number of hydrogen-bond donors (Lipinski definition) is 2. The molecule has 148 valence electrons. The number of guanidine groups is 1. The molecule has 2 aromatic rings. The average molecular weight is 485 g/mol. The number of fused-ring (bicyclic) bond motifs is 1. The van der Waals surface area contributed by atoms with Crippen molar-refractivity contribution in [2.45, 2.75) is 32.2 Å². The molecule has 1 aromatic heterocycles. The van der Waals surface area contributed by atoms with Crippen LogP contribution in [0.15, 0.2) is 41.7 Å². The Morgan fingerprint density at radius 2 is 2.07 bits per heavy atom. The van der Waals surface area contributed by atoms with Gasteiger partial charge in [0.2, 0.25) is 6.79 Å². The van der Waals surface area contributed by atoms with Crippen LogP contribution in [-0.2, 0) is 12.0 Å². The van der Waals surface area contributed by atoms with Crippen LogP contribution in [0, 0.1) is 0 Å². The van der Waals surface area contributed by atoms with Crippen LogP contribution in [0.5, 0.6) is 11.5 Å².